The predicted molar refractivity (Wildman–Crippen MR) is 101 cm³/mol. The number of carbonyl (C=O) groups is 1. The van der Waals surface area contributed by atoms with Gasteiger partial charge in [0.05, 0.1) is 11.2 Å². The van der Waals surface area contributed by atoms with Crippen molar-refractivity contribution in [1.29, 1.82) is 0 Å². The number of fused-ring (bicyclic) bond motifs is 1. The van der Waals surface area contributed by atoms with Gasteiger partial charge < -0.3 is 5.32 Å². The molecule has 0 aliphatic heterocycles. The highest BCUT2D eigenvalue weighted by atomic mass is 16.1. The molecule has 0 spiro atoms. The van der Waals surface area contributed by atoms with E-state index < -0.39 is 0 Å². The fourth-order valence-electron chi connectivity index (χ4n) is 2.88. The summed E-state index contributed by atoms with van der Waals surface area (Å²) in [5.74, 6) is -0.121. The molecule has 4 rings (SSSR count). The number of aromatic amines is 1. The molecule has 4 heteroatoms. The first-order valence-corrected chi connectivity index (χ1v) is 8.18. The van der Waals surface area contributed by atoms with Crippen LogP contribution in [0.15, 0.2) is 78.9 Å². The minimum Gasteiger partial charge on any atom is -0.322 e. The van der Waals surface area contributed by atoms with Crippen LogP contribution >= 0.6 is 0 Å². The average Bonchev–Trinajstić information content (AvgIpc) is 2.88. The molecule has 2 aromatic carbocycles. The van der Waals surface area contributed by atoms with Crippen LogP contribution < -0.4 is 5.32 Å². The van der Waals surface area contributed by atoms with Crippen molar-refractivity contribution in [2.24, 2.45) is 0 Å². The van der Waals surface area contributed by atoms with Gasteiger partial charge >= 0.3 is 0 Å². The normalized spacial score (nSPS) is 13.5. The number of aromatic nitrogens is 2. The number of benzene rings is 2. The van der Waals surface area contributed by atoms with Crippen LogP contribution in [-0.4, -0.2) is 16.1 Å². The van der Waals surface area contributed by atoms with Crippen molar-refractivity contribution < 1.29 is 4.79 Å². The molecule has 0 radical (unpaired) electrons. The number of hydrogen-bond donors (Lipinski definition) is 2. The van der Waals surface area contributed by atoms with Gasteiger partial charge in [-0.25, -0.2) is 0 Å². The van der Waals surface area contributed by atoms with Crippen molar-refractivity contribution in [2.75, 3.05) is 5.32 Å². The maximum atomic E-state index is 12.4. The molecule has 0 atom stereocenters. The Bertz CT molecular complexity index is 1010. The molecule has 4 nitrogen and oxygen atoms in total. The molecule has 25 heavy (non-hydrogen) atoms. The van der Waals surface area contributed by atoms with E-state index >= 15 is 0 Å². The molecule has 0 saturated heterocycles. The third kappa shape index (κ3) is 3.15. The third-order valence-corrected chi connectivity index (χ3v) is 4.15. The van der Waals surface area contributed by atoms with E-state index in [0.717, 1.165) is 34.3 Å². The molecule has 0 unspecified atom stereocenters. The van der Waals surface area contributed by atoms with Crippen LogP contribution in [0.25, 0.3) is 16.5 Å². The number of nitrogens with one attached hydrogen (secondary N) is 2. The van der Waals surface area contributed by atoms with Crippen LogP contribution in [0, 0.1) is 0 Å². The van der Waals surface area contributed by atoms with E-state index in [0.29, 0.717) is 5.56 Å². The molecule has 122 valence electrons. The maximum Gasteiger partial charge on any atom is 0.255 e. The smallest absolute Gasteiger partial charge is 0.255 e. The molecule has 1 aliphatic carbocycles. The second kappa shape index (κ2) is 6.61. The summed E-state index contributed by atoms with van der Waals surface area (Å²) in [6.45, 7) is 0. The fourth-order valence-corrected chi connectivity index (χ4v) is 2.88. The zero-order valence-corrected chi connectivity index (χ0v) is 13.6. The number of amides is 1. The second-order valence-corrected chi connectivity index (χ2v) is 5.86. The van der Waals surface area contributed by atoms with Crippen LogP contribution in [0.2, 0.25) is 0 Å². The lowest BCUT2D eigenvalue weighted by Crippen LogP contribution is -2.11. The predicted octanol–water partition coefficient (Wildman–Crippen LogP) is 4.71. The number of allylic oxidation sites excluding steroid dienone is 6. The zero-order chi connectivity index (χ0) is 17.1. The van der Waals surface area contributed by atoms with Gasteiger partial charge in [0.2, 0.25) is 0 Å². The summed E-state index contributed by atoms with van der Waals surface area (Å²) < 4.78 is 0. The summed E-state index contributed by atoms with van der Waals surface area (Å²) in [5, 5.41) is 11.5. The van der Waals surface area contributed by atoms with Crippen molar-refractivity contribution >= 4 is 28.1 Å². The Morgan fingerprint density at radius 2 is 1.92 bits per heavy atom. The zero-order valence-electron chi connectivity index (χ0n) is 13.6. The maximum absolute atomic E-state index is 12.4. The van der Waals surface area contributed by atoms with Gasteiger partial charge in [-0.2, -0.15) is 5.10 Å². The van der Waals surface area contributed by atoms with Gasteiger partial charge in [-0.15, -0.1) is 0 Å². The number of anilines is 1. The van der Waals surface area contributed by atoms with E-state index in [9.17, 15) is 4.79 Å². The number of nitrogens with zero attached hydrogens (tertiary/aromatic N) is 1. The highest BCUT2D eigenvalue weighted by Crippen LogP contribution is 2.28. The Balaban J connectivity index is 1.67. The molecule has 2 N–H and O–H groups in total. The van der Waals surface area contributed by atoms with Crippen molar-refractivity contribution in [3.8, 4) is 0 Å². The summed E-state index contributed by atoms with van der Waals surface area (Å²) >= 11 is 0. The molecule has 1 heterocycles. The lowest BCUT2D eigenvalue weighted by atomic mass is 10.0. The minimum atomic E-state index is -0.121. The summed E-state index contributed by atoms with van der Waals surface area (Å²) in [6.07, 6.45) is 11.1. The first kappa shape index (κ1) is 15.1. The average molecular weight is 327 g/mol. The lowest BCUT2D eigenvalue weighted by Gasteiger charge is -2.06. The quantitative estimate of drug-likeness (QED) is 0.731. The van der Waals surface area contributed by atoms with Crippen molar-refractivity contribution in [3.05, 3.63) is 90.2 Å². The summed E-state index contributed by atoms with van der Waals surface area (Å²) in [7, 11) is 0. The Hall–Kier alpha value is -3.40. The summed E-state index contributed by atoms with van der Waals surface area (Å²) in [6, 6.07) is 15.0. The van der Waals surface area contributed by atoms with E-state index in [2.05, 4.69) is 27.7 Å². The van der Waals surface area contributed by atoms with Crippen molar-refractivity contribution in [2.45, 2.75) is 6.42 Å². The summed E-state index contributed by atoms with van der Waals surface area (Å²) in [4.78, 5) is 12.4. The van der Waals surface area contributed by atoms with Gasteiger partial charge in [0, 0.05) is 16.6 Å². The van der Waals surface area contributed by atoms with E-state index in [-0.39, 0.29) is 5.91 Å². The monoisotopic (exact) mass is 327 g/mol. The Kier molecular flexibility index (Phi) is 4.01. The number of hydrogen-bond acceptors (Lipinski definition) is 2. The molecule has 1 amide bonds. The van der Waals surface area contributed by atoms with Crippen LogP contribution in [0.1, 0.15) is 22.5 Å². The highest BCUT2D eigenvalue weighted by molar-refractivity contribution is 6.05. The van der Waals surface area contributed by atoms with Gasteiger partial charge in [-0.05, 0) is 42.3 Å². The van der Waals surface area contributed by atoms with Crippen LogP contribution in [0.4, 0.5) is 5.69 Å². The first-order chi connectivity index (χ1) is 12.3. The van der Waals surface area contributed by atoms with Gasteiger partial charge in [-0.1, -0.05) is 48.6 Å². The van der Waals surface area contributed by atoms with E-state index in [1.165, 1.54) is 0 Å². The van der Waals surface area contributed by atoms with Crippen LogP contribution in [0.3, 0.4) is 0 Å². The largest absolute Gasteiger partial charge is 0.322 e. The third-order valence-electron chi connectivity index (χ3n) is 4.15. The Labute approximate surface area is 145 Å². The van der Waals surface area contributed by atoms with Gasteiger partial charge in [0.1, 0.15) is 0 Å². The first-order valence-electron chi connectivity index (χ1n) is 8.18. The van der Waals surface area contributed by atoms with E-state index in [1.807, 2.05) is 54.6 Å². The standard InChI is InChI=1S/C21H17N3O/c25-21(16-10-6-3-7-11-16)22-17-12-13-19-18(14-17)20(24-23-19)15-8-4-1-2-5-9-15/h1-8,10-14H,9H2,(H,22,25)(H,23,24). The van der Waals surface area contributed by atoms with E-state index in [4.69, 9.17) is 0 Å². The van der Waals surface area contributed by atoms with Gasteiger partial charge in [0.15, 0.2) is 0 Å². The molecule has 3 aromatic rings. The lowest BCUT2D eigenvalue weighted by molar-refractivity contribution is 0.102. The number of carbonyl (C=O) groups excluding carboxylic acids is 1. The molecule has 0 fully saturated rings. The van der Waals surface area contributed by atoms with Crippen molar-refractivity contribution in [1.82, 2.24) is 10.2 Å². The molecule has 0 saturated carbocycles. The number of rotatable bonds is 3. The van der Waals surface area contributed by atoms with Gasteiger partial charge in [0.25, 0.3) is 5.91 Å². The van der Waals surface area contributed by atoms with Crippen LogP contribution in [0.5, 0.6) is 0 Å². The molecular formula is C21H17N3O. The van der Waals surface area contributed by atoms with Gasteiger partial charge in [-0.3, -0.25) is 9.89 Å². The van der Waals surface area contributed by atoms with Crippen LogP contribution in [-0.2, 0) is 0 Å². The minimum absolute atomic E-state index is 0.121. The molecule has 0 bridgehead atoms. The molecule has 1 aromatic heterocycles. The Morgan fingerprint density at radius 1 is 1.04 bits per heavy atom. The molecule has 1 aliphatic rings. The van der Waals surface area contributed by atoms with Crippen molar-refractivity contribution in [3.63, 3.8) is 0 Å². The van der Waals surface area contributed by atoms with E-state index in [1.54, 1.807) is 12.1 Å². The molecular weight excluding hydrogens is 310 g/mol. The SMILES string of the molecule is O=C(Nc1ccc2[nH]nc(C3=CC=CC=CC3)c2c1)c1ccccc1. The summed E-state index contributed by atoms with van der Waals surface area (Å²) in [5.41, 5.74) is 4.40. The topological polar surface area (TPSA) is 57.8 Å². The fraction of sp³-hybridized carbons (Fsp3) is 0.0476. The second-order valence-electron chi connectivity index (χ2n) is 5.86. The highest BCUT2D eigenvalue weighted by Gasteiger charge is 2.12. The Morgan fingerprint density at radius 3 is 2.80 bits per heavy atom. The number of H-pyrrole nitrogens is 1.